The van der Waals surface area contributed by atoms with Crippen molar-refractivity contribution >= 4 is 11.7 Å². The summed E-state index contributed by atoms with van der Waals surface area (Å²) in [6.45, 7) is 2.01. The van der Waals surface area contributed by atoms with Crippen molar-refractivity contribution in [1.82, 2.24) is 15.6 Å². The number of benzene rings is 2. The van der Waals surface area contributed by atoms with E-state index in [1.54, 1.807) is 30.3 Å². The van der Waals surface area contributed by atoms with Gasteiger partial charge in [0.05, 0.1) is 22.9 Å². The first-order valence-corrected chi connectivity index (χ1v) is 11.1. The maximum absolute atomic E-state index is 13.5. The molecule has 1 amide bonds. The van der Waals surface area contributed by atoms with E-state index in [1.807, 2.05) is 18.2 Å². The van der Waals surface area contributed by atoms with Gasteiger partial charge in [-0.25, -0.2) is 9.37 Å². The highest BCUT2D eigenvalue weighted by Gasteiger charge is 2.19. The lowest BCUT2D eigenvalue weighted by Gasteiger charge is -2.15. The summed E-state index contributed by atoms with van der Waals surface area (Å²) in [6, 6.07) is 19.7. The van der Waals surface area contributed by atoms with Gasteiger partial charge in [0.2, 0.25) is 0 Å². The number of nitrogens with one attached hydrogen (secondary N) is 3. The molecule has 0 spiro atoms. The maximum atomic E-state index is 13.5. The number of pyridine rings is 1. The fourth-order valence-corrected chi connectivity index (χ4v) is 3.99. The van der Waals surface area contributed by atoms with Crippen LogP contribution in [0.15, 0.2) is 60.7 Å². The van der Waals surface area contributed by atoms with Gasteiger partial charge in [-0.2, -0.15) is 5.26 Å². The van der Waals surface area contributed by atoms with Gasteiger partial charge in [-0.05, 0) is 61.7 Å². The van der Waals surface area contributed by atoms with Crippen molar-refractivity contribution in [2.45, 2.75) is 25.3 Å². The summed E-state index contributed by atoms with van der Waals surface area (Å²) in [5.41, 5.74) is 3.11. The Labute approximate surface area is 192 Å². The highest BCUT2D eigenvalue weighted by atomic mass is 19.1. The monoisotopic (exact) mass is 443 g/mol. The minimum atomic E-state index is -0.277. The maximum Gasteiger partial charge on any atom is 0.255 e. The van der Waals surface area contributed by atoms with Crippen LogP contribution in [-0.2, 0) is 6.42 Å². The van der Waals surface area contributed by atoms with E-state index in [2.05, 4.69) is 27.0 Å². The molecule has 0 saturated carbocycles. The average molecular weight is 444 g/mol. The molecule has 0 unspecified atom stereocenters. The molecule has 1 fully saturated rings. The lowest BCUT2D eigenvalue weighted by molar-refractivity contribution is 0.0951. The van der Waals surface area contributed by atoms with Gasteiger partial charge in [0.25, 0.3) is 5.91 Å². The second kappa shape index (κ2) is 10.7. The minimum Gasteiger partial charge on any atom is -0.369 e. The van der Waals surface area contributed by atoms with E-state index < -0.39 is 0 Å². The zero-order valence-corrected chi connectivity index (χ0v) is 18.3. The molecular weight excluding hydrogens is 417 g/mol. The fraction of sp³-hybridized carbons (Fsp3) is 0.269. The van der Waals surface area contributed by atoms with Crippen LogP contribution in [0.3, 0.4) is 0 Å². The second-order valence-electron chi connectivity index (χ2n) is 8.06. The lowest BCUT2D eigenvalue weighted by Crippen LogP contribution is -2.37. The van der Waals surface area contributed by atoms with Gasteiger partial charge in [0.1, 0.15) is 11.6 Å². The Morgan fingerprint density at radius 3 is 2.85 bits per heavy atom. The number of aromatic nitrogens is 1. The van der Waals surface area contributed by atoms with Gasteiger partial charge in [-0.15, -0.1) is 0 Å². The summed E-state index contributed by atoms with van der Waals surface area (Å²) in [6.07, 6.45) is 2.73. The SMILES string of the molecule is N#Cc1ccccc1-c1ccc(C(=O)NC[C@H]2CCCN2)c(NCCc2cccc(F)c2)n1. The van der Waals surface area contributed by atoms with Crippen molar-refractivity contribution in [2.24, 2.45) is 0 Å². The number of hydrogen-bond acceptors (Lipinski definition) is 5. The first-order valence-electron chi connectivity index (χ1n) is 11.1. The standard InChI is InChI=1S/C26H26FN5O/c27-20-7-3-5-18(15-20)12-14-30-25-23(26(33)31-17-21-8-4-13-29-21)10-11-24(32-25)22-9-2-1-6-19(22)16-28/h1-3,5-7,9-11,15,21,29H,4,8,12-14,17H2,(H,30,32)(H,31,33)/t21-/m1/s1. The third-order valence-corrected chi connectivity index (χ3v) is 5.73. The number of rotatable bonds is 8. The molecule has 3 N–H and O–H groups in total. The second-order valence-corrected chi connectivity index (χ2v) is 8.06. The number of carbonyl (C=O) groups excluding carboxylic acids is 1. The van der Waals surface area contributed by atoms with Crippen molar-refractivity contribution in [3.63, 3.8) is 0 Å². The van der Waals surface area contributed by atoms with Crippen LogP contribution in [0.25, 0.3) is 11.3 Å². The Hall–Kier alpha value is -3.76. The number of nitrogens with zero attached hydrogens (tertiary/aromatic N) is 2. The summed E-state index contributed by atoms with van der Waals surface area (Å²) in [5, 5.41) is 19.1. The first kappa shape index (κ1) is 22.4. The van der Waals surface area contributed by atoms with E-state index in [-0.39, 0.29) is 17.8 Å². The molecule has 0 radical (unpaired) electrons. The molecular formula is C26H26FN5O. The van der Waals surface area contributed by atoms with Crippen LogP contribution < -0.4 is 16.0 Å². The van der Waals surface area contributed by atoms with Crippen LogP contribution in [0, 0.1) is 17.1 Å². The van der Waals surface area contributed by atoms with Crippen molar-refractivity contribution in [1.29, 1.82) is 5.26 Å². The van der Waals surface area contributed by atoms with Gasteiger partial charge in [0.15, 0.2) is 0 Å². The molecule has 6 nitrogen and oxygen atoms in total. The zero-order chi connectivity index (χ0) is 23.0. The van der Waals surface area contributed by atoms with Crippen molar-refractivity contribution in [2.75, 3.05) is 25.0 Å². The van der Waals surface area contributed by atoms with Gasteiger partial charge < -0.3 is 16.0 Å². The number of anilines is 1. The normalized spacial score (nSPS) is 15.1. The molecule has 168 valence electrons. The van der Waals surface area contributed by atoms with Crippen LogP contribution in [0.2, 0.25) is 0 Å². The molecule has 1 aliphatic rings. The average Bonchev–Trinajstić information content (AvgIpc) is 3.36. The fourth-order valence-electron chi connectivity index (χ4n) is 3.99. The molecule has 33 heavy (non-hydrogen) atoms. The Morgan fingerprint density at radius 1 is 1.18 bits per heavy atom. The number of halogens is 1. The quantitative estimate of drug-likeness (QED) is 0.491. The minimum absolute atomic E-state index is 0.204. The van der Waals surface area contributed by atoms with E-state index in [4.69, 9.17) is 0 Å². The largest absolute Gasteiger partial charge is 0.369 e. The molecule has 7 heteroatoms. The summed E-state index contributed by atoms with van der Waals surface area (Å²) in [7, 11) is 0. The third-order valence-electron chi connectivity index (χ3n) is 5.73. The summed E-state index contributed by atoms with van der Waals surface area (Å²) in [5.74, 6) is -0.0422. The summed E-state index contributed by atoms with van der Waals surface area (Å²) < 4.78 is 13.5. The number of hydrogen-bond donors (Lipinski definition) is 3. The van der Waals surface area contributed by atoms with E-state index in [0.717, 1.165) is 24.9 Å². The summed E-state index contributed by atoms with van der Waals surface area (Å²) in [4.78, 5) is 17.6. The number of carbonyl (C=O) groups is 1. The molecule has 1 atom stereocenters. The predicted octanol–water partition coefficient (Wildman–Crippen LogP) is 3.90. The topological polar surface area (TPSA) is 89.8 Å². The molecule has 0 aliphatic carbocycles. The number of amides is 1. The van der Waals surface area contributed by atoms with E-state index in [1.165, 1.54) is 12.1 Å². The molecule has 0 bridgehead atoms. The van der Waals surface area contributed by atoms with Gasteiger partial charge in [0, 0.05) is 24.7 Å². The van der Waals surface area contributed by atoms with Crippen molar-refractivity contribution in [3.05, 3.63) is 83.2 Å². The highest BCUT2D eigenvalue weighted by Crippen LogP contribution is 2.25. The highest BCUT2D eigenvalue weighted by molar-refractivity contribution is 5.99. The number of nitriles is 1. The molecule has 3 aromatic rings. The first-order chi connectivity index (χ1) is 16.1. The van der Waals surface area contributed by atoms with Crippen LogP contribution in [0.4, 0.5) is 10.2 Å². The van der Waals surface area contributed by atoms with E-state index in [9.17, 15) is 14.4 Å². The zero-order valence-electron chi connectivity index (χ0n) is 18.3. The third kappa shape index (κ3) is 5.73. The Balaban J connectivity index is 1.56. The Bertz CT molecular complexity index is 1170. The molecule has 1 saturated heterocycles. The molecule has 2 aromatic carbocycles. The van der Waals surface area contributed by atoms with Gasteiger partial charge in [-0.1, -0.05) is 30.3 Å². The van der Waals surface area contributed by atoms with Crippen LogP contribution in [0.5, 0.6) is 0 Å². The smallest absolute Gasteiger partial charge is 0.255 e. The molecule has 2 heterocycles. The predicted molar refractivity (Wildman–Crippen MR) is 126 cm³/mol. The Morgan fingerprint density at radius 2 is 2.06 bits per heavy atom. The molecule has 1 aliphatic heterocycles. The Kier molecular flexibility index (Phi) is 7.28. The summed E-state index contributed by atoms with van der Waals surface area (Å²) >= 11 is 0. The van der Waals surface area contributed by atoms with Crippen LogP contribution >= 0.6 is 0 Å². The molecule has 4 rings (SSSR count). The van der Waals surface area contributed by atoms with Crippen molar-refractivity contribution in [3.8, 4) is 17.3 Å². The molecule has 1 aromatic heterocycles. The van der Waals surface area contributed by atoms with Crippen LogP contribution in [-0.4, -0.2) is 36.6 Å². The van der Waals surface area contributed by atoms with Gasteiger partial charge in [-0.3, -0.25) is 4.79 Å². The van der Waals surface area contributed by atoms with E-state index in [0.29, 0.717) is 47.7 Å². The van der Waals surface area contributed by atoms with E-state index >= 15 is 0 Å². The lowest BCUT2D eigenvalue weighted by atomic mass is 10.0. The van der Waals surface area contributed by atoms with Gasteiger partial charge >= 0.3 is 0 Å². The van der Waals surface area contributed by atoms with Crippen molar-refractivity contribution < 1.29 is 9.18 Å². The van der Waals surface area contributed by atoms with Crippen LogP contribution in [0.1, 0.15) is 34.3 Å².